The van der Waals surface area contributed by atoms with Crippen molar-refractivity contribution in [2.24, 2.45) is 5.92 Å². The summed E-state index contributed by atoms with van der Waals surface area (Å²) in [6, 6.07) is 16.0. The second-order valence-corrected chi connectivity index (χ2v) is 10.7. The van der Waals surface area contributed by atoms with Crippen LogP contribution in [0.2, 0.25) is 0 Å². The Kier molecular flexibility index (Phi) is 5.88. The lowest BCUT2D eigenvalue weighted by Crippen LogP contribution is -2.65. The highest BCUT2D eigenvalue weighted by atomic mass is 32.2. The van der Waals surface area contributed by atoms with E-state index in [0.717, 1.165) is 16.9 Å². The molecule has 4 atom stereocenters. The summed E-state index contributed by atoms with van der Waals surface area (Å²) < 4.78 is 0. The molecule has 0 bridgehead atoms. The zero-order valence-electron chi connectivity index (χ0n) is 19.7. The molecule has 3 heterocycles. The number of carbonyl (C=O) groups excluding carboxylic acids is 1. The molecule has 2 aromatic carbocycles. The molecule has 3 unspecified atom stereocenters. The zero-order valence-corrected chi connectivity index (χ0v) is 20.5. The fourth-order valence-electron chi connectivity index (χ4n) is 5.08. The average Bonchev–Trinajstić information content (AvgIpc) is 3.00. The van der Waals surface area contributed by atoms with E-state index in [1.165, 1.54) is 10.5 Å². The molecule has 0 saturated carbocycles. The minimum atomic E-state index is -1.52. The van der Waals surface area contributed by atoms with Crippen molar-refractivity contribution < 1.29 is 20.1 Å². The molecule has 3 aliphatic rings. The molecule has 3 N–H and O–H groups in total. The summed E-state index contributed by atoms with van der Waals surface area (Å²) in [5, 5.41) is 36.1. The maximum absolute atomic E-state index is 13.6. The van der Waals surface area contributed by atoms with Crippen molar-refractivity contribution in [3.63, 3.8) is 0 Å². The third-order valence-electron chi connectivity index (χ3n) is 7.48. The van der Waals surface area contributed by atoms with Crippen LogP contribution in [-0.2, 0) is 10.5 Å². The van der Waals surface area contributed by atoms with Gasteiger partial charge in [-0.3, -0.25) is 9.80 Å². The predicted molar refractivity (Wildman–Crippen MR) is 131 cm³/mol. The minimum Gasteiger partial charge on any atom is -0.507 e. The van der Waals surface area contributed by atoms with E-state index in [-0.39, 0.29) is 42.6 Å². The van der Waals surface area contributed by atoms with E-state index in [1.807, 2.05) is 36.2 Å². The quantitative estimate of drug-likeness (QED) is 0.620. The van der Waals surface area contributed by atoms with E-state index < -0.39 is 11.6 Å². The lowest BCUT2D eigenvalue weighted by molar-refractivity contribution is -0.173. The molecule has 8 heteroatoms. The maximum Gasteiger partial charge on any atom is 0.276 e. The van der Waals surface area contributed by atoms with Crippen molar-refractivity contribution in [3.8, 4) is 0 Å². The number of thioether (sulfide) groups is 1. The van der Waals surface area contributed by atoms with Crippen LogP contribution in [-0.4, -0.2) is 67.6 Å². The summed E-state index contributed by atoms with van der Waals surface area (Å²) in [6.45, 7) is 5.66. The van der Waals surface area contributed by atoms with Gasteiger partial charge in [-0.1, -0.05) is 49.4 Å². The summed E-state index contributed by atoms with van der Waals surface area (Å²) in [7, 11) is 0. The van der Waals surface area contributed by atoms with Crippen molar-refractivity contribution >= 4 is 17.7 Å². The number of benzene rings is 2. The molecule has 1 amide bonds. The van der Waals surface area contributed by atoms with Gasteiger partial charge in [0, 0.05) is 23.1 Å². The zero-order chi connectivity index (χ0) is 24.2. The van der Waals surface area contributed by atoms with Crippen molar-refractivity contribution in [1.82, 2.24) is 14.9 Å². The molecule has 2 aromatic rings. The molecule has 1 fully saturated rings. The number of fused-ring (bicyclic) bond motifs is 3. The Bertz CT molecular complexity index is 1100. The third kappa shape index (κ3) is 3.51. The van der Waals surface area contributed by atoms with Gasteiger partial charge in [0.15, 0.2) is 11.5 Å². The molecular formula is C26H31N3O4S. The summed E-state index contributed by atoms with van der Waals surface area (Å²) in [5.41, 5.74) is 2.07. The molecule has 1 saturated heterocycles. The highest BCUT2D eigenvalue weighted by Crippen LogP contribution is 2.46. The lowest BCUT2D eigenvalue weighted by atomic mass is 9.83. The first-order valence-corrected chi connectivity index (χ1v) is 12.7. The number of amides is 1. The van der Waals surface area contributed by atoms with Crippen LogP contribution in [0, 0.1) is 5.92 Å². The van der Waals surface area contributed by atoms with E-state index in [0.29, 0.717) is 6.54 Å². The molecular weight excluding hydrogens is 450 g/mol. The van der Waals surface area contributed by atoms with E-state index in [9.17, 15) is 20.1 Å². The van der Waals surface area contributed by atoms with Gasteiger partial charge in [-0.25, -0.2) is 0 Å². The molecule has 0 aliphatic carbocycles. The summed E-state index contributed by atoms with van der Waals surface area (Å²) >= 11 is 1.80. The summed E-state index contributed by atoms with van der Waals surface area (Å²) in [4.78, 5) is 16.3. The fourth-order valence-corrected chi connectivity index (χ4v) is 6.17. The number of aliphatic hydroxyl groups excluding tert-OH is 2. The Morgan fingerprint density at radius 2 is 1.82 bits per heavy atom. The first-order chi connectivity index (χ1) is 16.3. The van der Waals surface area contributed by atoms with Gasteiger partial charge in [-0.15, -0.1) is 11.8 Å². The summed E-state index contributed by atoms with van der Waals surface area (Å²) in [6.07, 6.45) is 0. The van der Waals surface area contributed by atoms with Crippen LogP contribution < -0.4 is 0 Å². The number of carbonyl (C=O) groups is 1. The normalized spacial score (nSPS) is 28.2. The smallest absolute Gasteiger partial charge is 0.276 e. The minimum absolute atomic E-state index is 0.0847. The SMILES string of the molecule is CC1CN2C(=C(O)C1(C)O)C(=O)N([C@@H](C)CO)CN2C1c2ccccc2CSc2ccccc21. The van der Waals surface area contributed by atoms with Gasteiger partial charge in [0.1, 0.15) is 5.60 Å². The second kappa shape index (κ2) is 8.61. The molecule has 34 heavy (non-hydrogen) atoms. The van der Waals surface area contributed by atoms with Crippen LogP contribution in [0.25, 0.3) is 0 Å². The maximum atomic E-state index is 13.6. The molecule has 3 aliphatic heterocycles. The Morgan fingerprint density at radius 3 is 2.56 bits per heavy atom. The van der Waals surface area contributed by atoms with Gasteiger partial charge in [-0.05, 0) is 36.6 Å². The van der Waals surface area contributed by atoms with Gasteiger partial charge in [0.05, 0.1) is 25.4 Å². The fraction of sp³-hybridized carbons (Fsp3) is 0.423. The van der Waals surface area contributed by atoms with Crippen LogP contribution in [0.1, 0.15) is 43.5 Å². The van der Waals surface area contributed by atoms with E-state index in [4.69, 9.17) is 0 Å². The number of rotatable bonds is 3. The van der Waals surface area contributed by atoms with Crippen LogP contribution in [0.15, 0.2) is 64.9 Å². The summed E-state index contributed by atoms with van der Waals surface area (Å²) in [5.74, 6) is -0.168. The third-order valence-corrected chi connectivity index (χ3v) is 8.62. The predicted octanol–water partition coefficient (Wildman–Crippen LogP) is 3.25. The number of hydrogen-bond donors (Lipinski definition) is 3. The van der Waals surface area contributed by atoms with Gasteiger partial charge in [0.25, 0.3) is 5.91 Å². The molecule has 180 valence electrons. The largest absolute Gasteiger partial charge is 0.507 e. The lowest BCUT2D eigenvalue weighted by Gasteiger charge is -2.54. The van der Waals surface area contributed by atoms with Gasteiger partial charge in [0.2, 0.25) is 0 Å². The van der Waals surface area contributed by atoms with Gasteiger partial charge in [-0.2, -0.15) is 5.01 Å². The Morgan fingerprint density at radius 1 is 1.15 bits per heavy atom. The van der Waals surface area contributed by atoms with Gasteiger partial charge >= 0.3 is 0 Å². The number of hydrogen-bond acceptors (Lipinski definition) is 7. The number of hydrazine groups is 1. The average molecular weight is 482 g/mol. The van der Waals surface area contributed by atoms with Crippen molar-refractivity contribution in [1.29, 1.82) is 0 Å². The monoisotopic (exact) mass is 481 g/mol. The topological polar surface area (TPSA) is 87.5 Å². The standard InChI is InChI=1S/C26H31N3O4S/c1-16-12-28-23(24(31)26(16,3)33)25(32)27(17(2)13-30)15-29(28)22-19-9-5-4-8-18(19)14-34-21-11-7-6-10-20(21)22/h4-11,16-17,22,30-31,33H,12-15H2,1-3H3/t16?,17-,22?,26?/m0/s1. The Hall–Kier alpha value is -2.52. The number of nitrogens with zero attached hydrogens (tertiary/aromatic N) is 3. The highest BCUT2D eigenvalue weighted by molar-refractivity contribution is 7.98. The van der Waals surface area contributed by atoms with Crippen molar-refractivity contribution in [2.45, 2.75) is 49.1 Å². The van der Waals surface area contributed by atoms with Crippen molar-refractivity contribution in [3.05, 3.63) is 76.7 Å². The molecule has 5 rings (SSSR count). The van der Waals surface area contributed by atoms with Crippen LogP contribution in [0.3, 0.4) is 0 Å². The molecule has 0 radical (unpaired) electrons. The van der Waals surface area contributed by atoms with Gasteiger partial charge < -0.3 is 20.2 Å². The van der Waals surface area contributed by atoms with E-state index in [1.54, 1.807) is 30.5 Å². The number of aliphatic hydroxyl groups is 3. The molecule has 7 nitrogen and oxygen atoms in total. The van der Waals surface area contributed by atoms with Crippen LogP contribution in [0.4, 0.5) is 0 Å². The van der Waals surface area contributed by atoms with Crippen LogP contribution in [0.5, 0.6) is 0 Å². The second-order valence-electron chi connectivity index (χ2n) is 9.64. The molecule has 0 spiro atoms. The van der Waals surface area contributed by atoms with Crippen LogP contribution >= 0.6 is 11.8 Å². The first-order valence-electron chi connectivity index (χ1n) is 11.7. The Labute approximate surface area is 204 Å². The first kappa shape index (κ1) is 23.2. The molecule has 0 aromatic heterocycles. The van der Waals surface area contributed by atoms with Crippen molar-refractivity contribution in [2.75, 3.05) is 19.8 Å². The van der Waals surface area contributed by atoms with E-state index in [2.05, 4.69) is 29.3 Å². The highest BCUT2D eigenvalue weighted by Gasteiger charge is 2.51. The van der Waals surface area contributed by atoms with E-state index >= 15 is 0 Å². The Balaban J connectivity index is 1.73.